The summed E-state index contributed by atoms with van der Waals surface area (Å²) in [5.74, 6) is -1.16. The third kappa shape index (κ3) is 1.82. The molecule has 1 N–H and O–H groups in total. The van der Waals surface area contributed by atoms with Crippen molar-refractivity contribution >= 4 is 5.91 Å². The van der Waals surface area contributed by atoms with Crippen molar-refractivity contribution in [1.82, 2.24) is 5.32 Å². The average molecular weight is 178 g/mol. The molecule has 0 heterocycles. The van der Waals surface area contributed by atoms with Gasteiger partial charge in [-0.2, -0.15) is 5.26 Å². The molecule has 3 nitrogen and oxygen atoms in total. The van der Waals surface area contributed by atoms with Crippen LogP contribution in [-0.4, -0.2) is 13.0 Å². The molecule has 0 aliphatic carbocycles. The number of carbonyl (C=O) groups is 1. The number of nitriles is 1. The van der Waals surface area contributed by atoms with Gasteiger partial charge in [0.2, 0.25) is 0 Å². The topological polar surface area (TPSA) is 52.9 Å². The summed E-state index contributed by atoms with van der Waals surface area (Å²) in [5, 5.41) is 10.8. The number of hydrogen-bond acceptors (Lipinski definition) is 2. The molecule has 4 heteroatoms. The van der Waals surface area contributed by atoms with Gasteiger partial charge in [-0.05, 0) is 18.2 Å². The Hall–Kier alpha value is -1.89. The predicted molar refractivity (Wildman–Crippen MR) is 44.5 cm³/mol. The molecular formula is C9H7FN2O. The molecule has 0 spiro atoms. The maximum atomic E-state index is 13.0. The van der Waals surface area contributed by atoms with Gasteiger partial charge in [0.25, 0.3) is 5.91 Å². The van der Waals surface area contributed by atoms with Crippen LogP contribution >= 0.6 is 0 Å². The highest BCUT2D eigenvalue weighted by Gasteiger charge is 2.10. The van der Waals surface area contributed by atoms with E-state index in [-0.39, 0.29) is 11.1 Å². The van der Waals surface area contributed by atoms with Crippen molar-refractivity contribution < 1.29 is 9.18 Å². The fraction of sp³-hybridized carbons (Fsp3) is 0.111. The maximum Gasteiger partial charge on any atom is 0.254 e. The summed E-state index contributed by atoms with van der Waals surface area (Å²) in [4.78, 5) is 11.0. The van der Waals surface area contributed by atoms with Crippen LogP contribution in [0.5, 0.6) is 0 Å². The first kappa shape index (κ1) is 9.20. The smallest absolute Gasteiger partial charge is 0.254 e. The van der Waals surface area contributed by atoms with Gasteiger partial charge < -0.3 is 5.32 Å². The van der Waals surface area contributed by atoms with E-state index >= 15 is 0 Å². The van der Waals surface area contributed by atoms with Crippen molar-refractivity contribution in [3.8, 4) is 6.07 Å². The van der Waals surface area contributed by atoms with Crippen molar-refractivity contribution in [2.24, 2.45) is 0 Å². The second kappa shape index (κ2) is 3.68. The highest BCUT2D eigenvalue weighted by molar-refractivity contribution is 5.94. The third-order valence-corrected chi connectivity index (χ3v) is 1.57. The van der Waals surface area contributed by atoms with E-state index in [2.05, 4.69) is 5.32 Å². The minimum absolute atomic E-state index is 0.110. The lowest BCUT2D eigenvalue weighted by atomic mass is 10.1. The van der Waals surface area contributed by atoms with Crippen molar-refractivity contribution in [1.29, 1.82) is 5.26 Å². The monoisotopic (exact) mass is 178 g/mol. The zero-order valence-corrected chi connectivity index (χ0v) is 6.97. The van der Waals surface area contributed by atoms with Gasteiger partial charge in [0.05, 0.1) is 17.2 Å². The molecule has 1 aromatic rings. The Balaban J connectivity index is 3.20. The third-order valence-electron chi connectivity index (χ3n) is 1.57. The van der Waals surface area contributed by atoms with E-state index in [9.17, 15) is 9.18 Å². The van der Waals surface area contributed by atoms with Crippen LogP contribution < -0.4 is 5.32 Å². The van der Waals surface area contributed by atoms with Gasteiger partial charge in [-0.3, -0.25) is 4.79 Å². The number of benzene rings is 1. The molecule has 0 bridgehead atoms. The van der Waals surface area contributed by atoms with Crippen LogP contribution in [0.4, 0.5) is 4.39 Å². The summed E-state index contributed by atoms with van der Waals surface area (Å²) in [7, 11) is 1.40. The number of halogens is 1. The molecule has 66 valence electrons. The van der Waals surface area contributed by atoms with Gasteiger partial charge in [0, 0.05) is 7.05 Å². The van der Waals surface area contributed by atoms with Gasteiger partial charge in [0.1, 0.15) is 5.82 Å². The van der Waals surface area contributed by atoms with Gasteiger partial charge in [0.15, 0.2) is 0 Å². The molecule has 1 rings (SSSR count). The van der Waals surface area contributed by atoms with Crippen LogP contribution in [0.25, 0.3) is 0 Å². The van der Waals surface area contributed by atoms with E-state index < -0.39 is 11.7 Å². The Morgan fingerprint density at radius 2 is 2.31 bits per heavy atom. The van der Waals surface area contributed by atoms with Crippen molar-refractivity contribution in [3.63, 3.8) is 0 Å². The van der Waals surface area contributed by atoms with Crippen molar-refractivity contribution in [2.75, 3.05) is 7.05 Å². The summed E-state index contributed by atoms with van der Waals surface area (Å²) in [6, 6.07) is 5.46. The Kier molecular flexibility index (Phi) is 2.60. The number of rotatable bonds is 1. The standard InChI is InChI=1S/C9H7FN2O/c1-12-9(13)7-4-6(5-11)2-3-8(7)10/h2-4H,1H3,(H,12,13). The largest absolute Gasteiger partial charge is 0.355 e. The highest BCUT2D eigenvalue weighted by atomic mass is 19.1. The molecule has 0 aromatic heterocycles. The Labute approximate surface area is 74.8 Å². The summed E-state index contributed by atoms with van der Waals surface area (Å²) in [6.45, 7) is 0. The second-order valence-corrected chi connectivity index (χ2v) is 2.39. The first-order chi connectivity index (χ1) is 6.19. The van der Waals surface area contributed by atoms with Gasteiger partial charge in [-0.15, -0.1) is 0 Å². The zero-order valence-electron chi connectivity index (χ0n) is 6.97. The lowest BCUT2D eigenvalue weighted by molar-refractivity contribution is 0.0959. The zero-order chi connectivity index (χ0) is 9.84. The first-order valence-corrected chi connectivity index (χ1v) is 3.60. The molecule has 0 aliphatic rings. The number of amides is 1. The molecule has 13 heavy (non-hydrogen) atoms. The van der Waals surface area contributed by atoms with E-state index in [1.54, 1.807) is 0 Å². The lowest BCUT2D eigenvalue weighted by Gasteiger charge is -2.00. The fourth-order valence-corrected chi connectivity index (χ4v) is 0.903. The fourth-order valence-electron chi connectivity index (χ4n) is 0.903. The first-order valence-electron chi connectivity index (χ1n) is 3.60. The maximum absolute atomic E-state index is 13.0. The number of carbonyl (C=O) groups excluding carboxylic acids is 1. The Bertz CT molecular complexity index is 382. The minimum atomic E-state index is -0.627. The van der Waals surface area contributed by atoms with Crippen LogP contribution in [0.1, 0.15) is 15.9 Å². The van der Waals surface area contributed by atoms with E-state index in [0.717, 1.165) is 6.07 Å². The summed E-state index contributed by atoms with van der Waals surface area (Å²) in [5.41, 5.74) is 0.154. The molecule has 0 unspecified atom stereocenters. The van der Waals surface area contributed by atoms with E-state index in [1.165, 1.54) is 19.2 Å². The van der Waals surface area contributed by atoms with Gasteiger partial charge >= 0.3 is 0 Å². The molecule has 0 aliphatic heterocycles. The molecule has 0 fully saturated rings. The summed E-state index contributed by atoms with van der Waals surface area (Å²) < 4.78 is 13.0. The summed E-state index contributed by atoms with van der Waals surface area (Å²) >= 11 is 0. The lowest BCUT2D eigenvalue weighted by Crippen LogP contribution is -2.19. The molecule has 0 saturated heterocycles. The highest BCUT2D eigenvalue weighted by Crippen LogP contribution is 2.09. The predicted octanol–water partition coefficient (Wildman–Crippen LogP) is 1.06. The molecule has 1 amide bonds. The molecule has 1 aromatic carbocycles. The SMILES string of the molecule is CNC(=O)c1cc(C#N)ccc1F. The van der Waals surface area contributed by atoms with Crippen molar-refractivity contribution in [2.45, 2.75) is 0 Å². The van der Waals surface area contributed by atoms with Gasteiger partial charge in [-0.1, -0.05) is 0 Å². The van der Waals surface area contributed by atoms with Crippen LogP contribution in [0.3, 0.4) is 0 Å². The second-order valence-electron chi connectivity index (χ2n) is 2.39. The molecule has 0 saturated carbocycles. The average Bonchev–Trinajstić information content (AvgIpc) is 2.17. The number of nitrogens with one attached hydrogen (secondary N) is 1. The van der Waals surface area contributed by atoms with Crippen LogP contribution in [0.15, 0.2) is 18.2 Å². The number of nitrogens with zero attached hydrogens (tertiary/aromatic N) is 1. The Morgan fingerprint density at radius 1 is 1.62 bits per heavy atom. The van der Waals surface area contributed by atoms with Gasteiger partial charge in [-0.25, -0.2) is 4.39 Å². The Morgan fingerprint density at radius 3 is 2.85 bits per heavy atom. The van der Waals surface area contributed by atoms with E-state index in [0.29, 0.717) is 0 Å². The van der Waals surface area contributed by atoms with E-state index in [1.807, 2.05) is 6.07 Å². The molecule has 0 radical (unpaired) electrons. The molecule has 0 atom stereocenters. The minimum Gasteiger partial charge on any atom is -0.355 e. The van der Waals surface area contributed by atoms with Crippen LogP contribution in [0, 0.1) is 17.1 Å². The van der Waals surface area contributed by atoms with E-state index in [4.69, 9.17) is 5.26 Å². The summed E-state index contributed by atoms with van der Waals surface area (Å²) in [6.07, 6.45) is 0. The van der Waals surface area contributed by atoms with Crippen LogP contribution in [0.2, 0.25) is 0 Å². The normalized spacial score (nSPS) is 9.00. The number of hydrogen-bond donors (Lipinski definition) is 1. The van der Waals surface area contributed by atoms with Crippen LogP contribution in [-0.2, 0) is 0 Å². The quantitative estimate of drug-likeness (QED) is 0.699. The molecular weight excluding hydrogens is 171 g/mol. The van der Waals surface area contributed by atoms with Crippen molar-refractivity contribution in [3.05, 3.63) is 35.1 Å².